The van der Waals surface area contributed by atoms with Crippen molar-refractivity contribution in [2.45, 2.75) is 168 Å². The maximum absolute atomic E-state index is 10.4. The Morgan fingerprint density at radius 1 is 0.463 bits per heavy atom. The van der Waals surface area contributed by atoms with Crippen LogP contribution in [0.15, 0.2) is 0 Å². The summed E-state index contributed by atoms with van der Waals surface area (Å²) in [7, 11) is -11.5. The van der Waals surface area contributed by atoms with Crippen molar-refractivity contribution in [3.05, 3.63) is 0 Å². The van der Waals surface area contributed by atoms with Gasteiger partial charge in [-0.2, -0.15) is 0 Å². The smallest absolute Gasteiger partial charge is 0.317 e. The summed E-state index contributed by atoms with van der Waals surface area (Å²) in [6, 6.07) is 0. The molecule has 0 spiro atoms. The topological polar surface area (TPSA) is 77.4 Å². The second-order valence-electron chi connectivity index (χ2n) is 17.0. The lowest BCUT2D eigenvalue weighted by Crippen LogP contribution is -2.55. The second kappa shape index (κ2) is 16.6. The molecule has 0 saturated carbocycles. The van der Waals surface area contributed by atoms with E-state index in [4.69, 9.17) is 16.5 Å². The fourth-order valence-corrected chi connectivity index (χ4v) is 31.0. The fourth-order valence-electron chi connectivity index (χ4n) is 5.79. The normalized spacial score (nSPS) is 16.2. The summed E-state index contributed by atoms with van der Waals surface area (Å²) >= 11 is 0. The summed E-state index contributed by atoms with van der Waals surface area (Å²) in [6.45, 7) is 36.4. The quantitative estimate of drug-likeness (QED) is 0.0874. The molecular weight excluding hydrogens is 613 g/mol. The van der Waals surface area contributed by atoms with E-state index in [9.17, 15) is 10.2 Å². The SMILES string of the molecule is CC(CCCCC(CO)(CO)CCCCC(C)[Si](C)(O[Si](C)(C)C)O[Si](C)(C)C)[Si](C)(O[Si](C)(C)C)O[Si](C)(C)C. The van der Waals surface area contributed by atoms with Gasteiger partial charge in [0.15, 0.2) is 33.3 Å². The number of hydrogen-bond acceptors (Lipinski definition) is 6. The molecule has 0 heterocycles. The third kappa shape index (κ3) is 18.0. The van der Waals surface area contributed by atoms with E-state index in [-0.39, 0.29) is 13.2 Å². The minimum Gasteiger partial charge on any atom is -0.436 e. The van der Waals surface area contributed by atoms with Crippen molar-refractivity contribution in [1.82, 2.24) is 0 Å². The van der Waals surface area contributed by atoms with Gasteiger partial charge in [-0.3, -0.25) is 0 Å². The molecule has 0 radical (unpaired) electrons. The van der Waals surface area contributed by atoms with Crippen LogP contribution in [0.2, 0.25) is 103 Å². The van der Waals surface area contributed by atoms with Crippen LogP contribution in [-0.4, -0.2) is 73.8 Å². The van der Waals surface area contributed by atoms with Gasteiger partial charge < -0.3 is 26.7 Å². The standard InChI is InChI=1S/C29H72O6Si6/c1-27(40(15,32-36(3,4)5)33-37(6,7)8)21-17-19-23-29(25-30,26-31)24-20-18-22-28(2)41(16,34-38(9,10)11)35-39(12,13)14/h27-28,30-31H,17-26H2,1-16H3. The Morgan fingerprint density at radius 2 is 0.707 bits per heavy atom. The van der Waals surface area contributed by atoms with Gasteiger partial charge in [0.1, 0.15) is 0 Å². The molecule has 0 aromatic heterocycles. The lowest BCUT2D eigenvalue weighted by molar-refractivity contribution is 0.0352. The predicted molar refractivity (Wildman–Crippen MR) is 193 cm³/mol. The van der Waals surface area contributed by atoms with Gasteiger partial charge in [0, 0.05) is 5.41 Å². The van der Waals surface area contributed by atoms with E-state index in [1.165, 1.54) is 0 Å². The summed E-state index contributed by atoms with van der Waals surface area (Å²) in [6.07, 6.45) is 8.00. The first-order valence-corrected chi connectivity index (χ1v) is 34.6. The van der Waals surface area contributed by atoms with Crippen LogP contribution in [0.5, 0.6) is 0 Å². The lowest BCUT2D eigenvalue weighted by Gasteiger charge is -2.42. The molecule has 6 nitrogen and oxygen atoms in total. The van der Waals surface area contributed by atoms with Crippen LogP contribution in [0.3, 0.4) is 0 Å². The minimum atomic E-state index is -2.31. The Bertz CT molecular complexity index is 648. The van der Waals surface area contributed by atoms with Crippen molar-refractivity contribution in [3.8, 4) is 0 Å². The van der Waals surface area contributed by atoms with E-state index in [2.05, 4.69) is 106 Å². The Kier molecular flexibility index (Phi) is 17.0. The lowest BCUT2D eigenvalue weighted by atomic mass is 9.79. The average Bonchev–Trinajstić information content (AvgIpc) is 2.72. The molecule has 248 valence electrons. The van der Waals surface area contributed by atoms with Crippen LogP contribution in [0.25, 0.3) is 0 Å². The van der Waals surface area contributed by atoms with Gasteiger partial charge in [0.05, 0.1) is 13.2 Å². The number of unbranched alkanes of at least 4 members (excludes halogenated alkanes) is 2. The number of rotatable bonds is 22. The second-order valence-corrected chi connectivity index (χ2v) is 43.2. The fraction of sp³-hybridized carbons (Fsp3) is 1.00. The first-order valence-electron chi connectivity index (χ1n) is 16.2. The monoisotopic (exact) mass is 684 g/mol. The molecule has 0 rings (SSSR count). The van der Waals surface area contributed by atoms with Gasteiger partial charge in [-0.15, -0.1) is 0 Å². The predicted octanol–water partition coefficient (Wildman–Crippen LogP) is 9.41. The highest BCUT2D eigenvalue weighted by molar-refractivity contribution is 6.89. The first kappa shape index (κ1) is 42.1. The summed E-state index contributed by atoms with van der Waals surface area (Å²) in [4.78, 5) is 0. The van der Waals surface area contributed by atoms with E-state index in [1.54, 1.807) is 0 Å². The summed E-state index contributed by atoms with van der Waals surface area (Å²) in [5, 5.41) is 20.7. The van der Waals surface area contributed by atoms with Gasteiger partial charge in [0.25, 0.3) is 0 Å². The minimum absolute atomic E-state index is 0.0441. The van der Waals surface area contributed by atoms with Crippen molar-refractivity contribution >= 4 is 50.4 Å². The molecule has 0 aromatic carbocycles. The van der Waals surface area contributed by atoms with Gasteiger partial charge in [-0.05, 0) is 128 Å². The van der Waals surface area contributed by atoms with E-state index in [0.717, 1.165) is 51.4 Å². The van der Waals surface area contributed by atoms with Crippen LogP contribution in [0.4, 0.5) is 0 Å². The Morgan fingerprint density at radius 3 is 0.902 bits per heavy atom. The molecule has 0 amide bonds. The Labute approximate surface area is 262 Å². The average molecular weight is 685 g/mol. The van der Waals surface area contributed by atoms with Gasteiger partial charge in [-0.25, -0.2) is 0 Å². The molecule has 0 saturated heterocycles. The molecule has 0 aliphatic heterocycles. The molecule has 2 N–H and O–H groups in total. The number of aliphatic hydroxyl groups is 2. The Hall–Kier alpha value is 1.06. The number of hydrogen-bond donors (Lipinski definition) is 2. The zero-order chi connectivity index (χ0) is 32.6. The maximum atomic E-state index is 10.4. The largest absolute Gasteiger partial charge is 0.436 e. The van der Waals surface area contributed by atoms with Crippen LogP contribution in [0, 0.1) is 5.41 Å². The van der Waals surface area contributed by atoms with Crippen molar-refractivity contribution in [1.29, 1.82) is 0 Å². The maximum Gasteiger partial charge on any atom is 0.317 e. The molecular formula is C29H72O6Si6. The van der Waals surface area contributed by atoms with Gasteiger partial charge in [0.2, 0.25) is 0 Å². The first-order chi connectivity index (χ1) is 18.2. The zero-order valence-corrected chi connectivity index (χ0v) is 36.3. The molecule has 2 atom stereocenters. The van der Waals surface area contributed by atoms with Gasteiger partial charge >= 0.3 is 17.1 Å². The van der Waals surface area contributed by atoms with Gasteiger partial charge in [-0.1, -0.05) is 39.5 Å². The van der Waals surface area contributed by atoms with Crippen molar-refractivity contribution in [3.63, 3.8) is 0 Å². The molecule has 0 aromatic rings. The van der Waals surface area contributed by atoms with E-state index >= 15 is 0 Å². The summed E-state index contributed by atoms with van der Waals surface area (Å²) < 4.78 is 27.1. The van der Waals surface area contributed by atoms with Crippen molar-refractivity contribution in [2.24, 2.45) is 5.41 Å². The molecule has 41 heavy (non-hydrogen) atoms. The Balaban J connectivity index is 5.09. The van der Waals surface area contributed by atoms with Crippen LogP contribution >= 0.6 is 0 Å². The van der Waals surface area contributed by atoms with Crippen LogP contribution in [-0.2, 0) is 16.5 Å². The molecule has 0 bridgehead atoms. The van der Waals surface area contributed by atoms with Crippen LogP contribution < -0.4 is 0 Å². The van der Waals surface area contributed by atoms with Crippen molar-refractivity contribution < 1.29 is 26.7 Å². The zero-order valence-electron chi connectivity index (χ0n) is 30.3. The highest BCUT2D eigenvalue weighted by Gasteiger charge is 2.46. The number of aliphatic hydroxyl groups excluding tert-OH is 2. The summed E-state index contributed by atoms with van der Waals surface area (Å²) in [5.74, 6) is 0. The van der Waals surface area contributed by atoms with E-state index in [1.807, 2.05) is 0 Å². The third-order valence-electron chi connectivity index (χ3n) is 7.69. The third-order valence-corrected chi connectivity index (χ3v) is 28.1. The van der Waals surface area contributed by atoms with Crippen LogP contribution in [0.1, 0.15) is 65.2 Å². The van der Waals surface area contributed by atoms with Crippen molar-refractivity contribution in [2.75, 3.05) is 13.2 Å². The van der Waals surface area contributed by atoms with E-state index in [0.29, 0.717) is 11.1 Å². The molecule has 0 aliphatic rings. The molecule has 2 unspecified atom stereocenters. The molecule has 12 heteroatoms. The molecule has 0 fully saturated rings. The highest BCUT2D eigenvalue weighted by Crippen LogP contribution is 2.38. The highest BCUT2D eigenvalue weighted by atomic mass is 28.5. The van der Waals surface area contributed by atoms with E-state index < -0.39 is 55.8 Å². The molecule has 0 aliphatic carbocycles. The summed E-state index contributed by atoms with van der Waals surface area (Å²) in [5.41, 5.74) is 0.423.